The molecule has 4 rings (SSSR count). The minimum absolute atomic E-state index is 0.147. The molecular weight excluding hydrogens is 282 g/mol. The van der Waals surface area contributed by atoms with Crippen molar-refractivity contribution in [3.63, 3.8) is 0 Å². The van der Waals surface area contributed by atoms with Crippen molar-refractivity contribution in [2.24, 2.45) is 0 Å². The van der Waals surface area contributed by atoms with Crippen molar-refractivity contribution in [2.45, 2.75) is 48.2 Å². The molecule has 2 saturated heterocycles. The number of aromatic nitrogens is 1. The van der Waals surface area contributed by atoms with Gasteiger partial charge in [-0.15, -0.1) is 0 Å². The van der Waals surface area contributed by atoms with Gasteiger partial charge in [-0.1, -0.05) is 24.6 Å². The van der Waals surface area contributed by atoms with Gasteiger partial charge in [-0.05, 0) is 37.8 Å². The van der Waals surface area contributed by atoms with Gasteiger partial charge < -0.3 is 5.11 Å². The standard InChI is InChI=1S/C17H19NO2S/c19-17(9-14-5-3-6-15(10-17)21(14)20)13-8-12-4-1-2-7-16(12)18-11-13/h1-2,4,7-8,11,14-15,19H,3,5-6,9-10H2. The summed E-state index contributed by atoms with van der Waals surface area (Å²) >= 11 is 0. The quantitative estimate of drug-likeness (QED) is 0.881. The van der Waals surface area contributed by atoms with Crippen LogP contribution in [-0.4, -0.2) is 24.8 Å². The third kappa shape index (κ3) is 2.21. The van der Waals surface area contributed by atoms with E-state index in [1.54, 1.807) is 6.20 Å². The third-order valence-corrected chi connectivity index (χ3v) is 7.09. The van der Waals surface area contributed by atoms with Crippen LogP contribution in [0.4, 0.5) is 0 Å². The second-order valence-electron chi connectivity index (χ2n) is 6.36. The molecular formula is C17H19NO2S. The second kappa shape index (κ2) is 4.89. The molecule has 4 heteroatoms. The number of aliphatic hydroxyl groups is 1. The maximum Gasteiger partial charge on any atom is 0.0934 e. The first-order valence-corrected chi connectivity index (χ1v) is 8.90. The van der Waals surface area contributed by atoms with Crippen LogP contribution in [0.5, 0.6) is 0 Å². The van der Waals surface area contributed by atoms with E-state index in [9.17, 15) is 9.32 Å². The Morgan fingerprint density at radius 1 is 1.19 bits per heavy atom. The summed E-state index contributed by atoms with van der Waals surface area (Å²) in [4.78, 5) is 4.48. The monoisotopic (exact) mass is 301 g/mol. The van der Waals surface area contributed by atoms with Crippen LogP contribution < -0.4 is 0 Å². The van der Waals surface area contributed by atoms with Gasteiger partial charge in [-0.2, -0.15) is 0 Å². The van der Waals surface area contributed by atoms with Crippen molar-refractivity contribution >= 4 is 21.7 Å². The molecule has 1 aromatic heterocycles. The van der Waals surface area contributed by atoms with Gasteiger partial charge in [0.15, 0.2) is 0 Å². The van der Waals surface area contributed by atoms with E-state index in [1.165, 1.54) is 0 Å². The zero-order chi connectivity index (χ0) is 14.4. The molecule has 0 amide bonds. The number of nitrogens with zero attached hydrogens (tertiary/aromatic N) is 1. The van der Waals surface area contributed by atoms with Crippen LogP contribution in [-0.2, 0) is 16.4 Å². The van der Waals surface area contributed by atoms with E-state index in [-0.39, 0.29) is 10.5 Å². The zero-order valence-electron chi connectivity index (χ0n) is 11.9. The first-order valence-electron chi connectivity index (χ1n) is 7.63. The highest BCUT2D eigenvalue weighted by Crippen LogP contribution is 2.44. The molecule has 2 aromatic rings. The third-order valence-electron chi connectivity index (χ3n) is 4.97. The summed E-state index contributed by atoms with van der Waals surface area (Å²) in [5, 5.41) is 12.5. The van der Waals surface area contributed by atoms with Crippen molar-refractivity contribution in [2.75, 3.05) is 0 Å². The Bertz CT molecular complexity index is 699. The lowest BCUT2D eigenvalue weighted by Crippen LogP contribution is -2.47. The summed E-state index contributed by atoms with van der Waals surface area (Å²) in [6, 6.07) is 10.0. The van der Waals surface area contributed by atoms with Gasteiger partial charge >= 0.3 is 0 Å². The Balaban J connectivity index is 1.75. The Morgan fingerprint density at radius 3 is 2.67 bits per heavy atom. The Kier molecular flexibility index (Phi) is 3.12. The predicted molar refractivity (Wildman–Crippen MR) is 84.4 cm³/mol. The molecule has 0 radical (unpaired) electrons. The summed E-state index contributed by atoms with van der Waals surface area (Å²) in [5.41, 5.74) is 0.972. The fraction of sp³-hybridized carbons (Fsp3) is 0.471. The average Bonchev–Trinajstić information content (AvgIpc) is 2.49. The Labute approximate surface area is 126 Å². The molecule has 2 aliphatic rings. The highest BCUT2D eigenvalue weighted by molar-refractivity contribution is 7.86. The van der Waals surface area contributed by atoms with Crippen molar-refractivity contribution in [3.8, 4) is 0 Å². The van der Waals surface area contributed by atoms with Gasteiger partial charge in [0.1, 0.15) is 0 Å². The van der Waals surface area contributed by atoms with Crippen molar-refractivity contribution in [3.05, 3.63) is 42.1 Å². The van der Waals surface area contributed by atoms with Crippen molar-refractivity contribution < 1.29 is 9.32 Å². The predicted octanol–water partition coefficient (Wildman–Crippen LogP) is 2.89. The van der Waals surface area contributed by atoms with E-state index >= 15 is 0 Å². The van der Waals surface area contributed by atoms with Crippen LogP contribution >= 0.6 is 0 Å². The molecule has 1 N–H and O–H groups in total. The number of hydrogen-bond donors (Lipinski definition) is 1. The fourth-order valence-electron chi connectivity index (χ4n) is 3.84. The highest BCUT2D eigenvalue weighted by atomic mass is 32.2. The lowest BCUT2D eigenvalue weighted by atomic mass is 9.81. The summed E-state index contributed by atoms with van der Waals surface area (Å²) < 4.78 is 12.3. The van der Waals surface area contributed by atoms with E-state index in [2.05, 4.69) is 4.98 Å². The van der Waals surface area contributed by atoms with Crippen LogP contribution in [0.25, 0.3) is 10.9 Å². The molecule has 2 unspecified atom stereocenters. The maximum absolute atomic E-state index is 12.3. The van der Waals surface area contributed by atoms with Gasteiger partial charge in [0.2, 0.25) is 0 Å². The van der Waals surface area contributed by atoms with E-state index < -0.39 is 16.4 Å². The highest BCUT2D eigenvalue weighted by Gasteiger charge is 2.46. The van der Waals surface area contributed by atoms with Crippen LogP contribution in [0.15, 0.2) is 36.5 Å². The molecule has 0 aliphatic carbocycles. The lowest BCUT2D eigenvalue weighted by Gasteiger charge is -2.43. The molecule has 21 heavy (non-hydrogen) atoms. The Hall–Kier alpha value is -1.26. The molecule has 2 aliphatic heterocycles. The SMILES string of the molecule is O=S1C2CCCC1CC(O)(c1cnc3ccccc3c1)C2. The van der Waals surface area contributed by atoms with Crippen LogP contribution in [0.1, 0.15) is 37.7 Å². The minimum Gasteiger partial charge on any atom is -0.385 e. The normalized spacial score (nSPS) is 35.8. The zero-order valence-corrected chi connectivity index (χ0v) is 12.7. The minimum atomic E-state index is -0.860. The molecule has 0 saturated carbocycles. The molecule has 3 nitrogen and oxygen atoms in total. The van der Waals surface area contributed by atoms with Gasteiger partial charge in [0.25, 0.3) is 0 Å². The summed E-state index contributed by atoms with van der Waals surface area (Å²) in [6.45, 7) is 0. The molecule has 0 spiro atoms. The smallest absolute Gasteiger partial charge is 0.0934 e. The molecule has 2 bridgehead atoms. The van der Waals surface area contributed by atoms with Gasteiger partial charge in [-0.3, -0.25) is 9.19 Å². The average molecular weight is 301 g/mol. The van der Waals surface area contributed by atoms with E-state index in [0.29, 0.717) is 12.8 Å². The number of para-hydroxylation sites is 1. The summed E-state index contributed by atoms with van der Waals surface area (Å²) in [5.74, 6) is 0. The van der Waals surface area contributed by atoms with Gasteiger partial charge in [0, 0.05) is 38.4 Å². The summed E-state index contributed by atoms with van der Waals surface area (Å²) in [7, 11) is -0.764. The molecule has 1 aromatic carbocycles. The van der Waals surface area contributed by atoms with Crippen LogP contribution in [0.3, 0.4) is 0 Å². The fourth-order valence-corrected chi connectivity index (χ4v) is 6.07. The van der Waals surface area contributed by atoms with Crippen molar-refractivity contribution in [1.82, 2.24) is 4.98 Å². The van der Waals surface area contributed by atoms with Crippen LogP contribution in [0, 0.1) is 0 Å². The molecule has 2 fully saturated rings. The topological polar surface area (TPSA) is 50.2 Å². The van der Waals surface area contributed by atoms with Gasteiger partial charge in [-0.25, -0.2) is 0 Å². The maximum atomic E-state index is 12.3. The van der Waals surface area contributed by atoms with Crippen LogP contribution in [0.2, 0.25) is 0 Å². The number of hydrogen-bond acceptors (Lipinski definition) is 3. The first kappa shape index (κ1) is 13.4. The number of benzene rings is 1. The first-order chi connectivity index (χ1) is 10.2. The number of rotatable bonds is 1. The summed E-state index contributed by atoms with van der Waals surface area (Å²) in [6.07, 6.45) is 6.12. The van der Waals surface area contributed by atoms with E-state index in [0.717, 1.165) is 35.7 Å². The van der Waals surface area contributed by atoms with Crippen molar-refractivity contribution in [1.29, 1.82) is 0 Å². The van der Waals surface area contributed by atoms with E-state index in [1.807, 2.05) is 30.3 Å². The largest absolute Gasteiger partial charge is 0.385 e. The van der Waals surface area contributed by atoms with Gasteiger partial charge in [0.05, 0.1) is 11.1 Å². The number of fused-ring (bicyclic) bond motifs is 3. The molecule has 3 heterocycles. The lowest BCUT2D eigenvalue weighted by molar-refractivity contribution is 0.00638. The number of pyridine rings is 1. The van der Waals surface area contributed by atoms with E-state index in [4.69, 9.17) is 0 Å². The second-order valence-corrected chi connectivity index (χ2v) is 8.35. The molecule has 2 atom stereocenters. The Morgan fingerprint density at radius 2 is 1.90 bits per heavy atom. The molecule has 110 valence electrons.